The maximum Gasteiger partial charge on any atom is 0.223 e. The molecule has 1 amide bonds. The highest BCUT2D eigenvalue weighted by molar-refractivity contribution is 5.77. The van der Waals surface area contributed by atoms with E-state index in [4.69, 9.17) is 5.73 Å². The van der Waals surface area contributed by atoms with Gasteiger partial charge in [0.25, 0.3) is 0 Å². The Morgan fingerprint density at radius 1 is 1.26 bits per heavy atom. The summed E-state index contributed by atoms with van der Waals surface area (Å²) in [6.07, 6.45) is 9.14. The summed E-state index contributed by atoms with van der Waals surface area (Å²) in [5.74, 6) is 0.940. The fraction of sp³-hybridized carbons (Fsp3) is 0.938. The van der Waals surface area contributed by atoms with Crippen LogP contribution in [0.5, 0.6) is 0 Å². The van der Waals surface area contributed by atoms with E-state index in [1.165, 1.54) is 32.1 Å². The molecular weight excluding hydrogens is 236 g/mol. The quantitative estimate of drug-likeness (QED) is 0.850. The predicted octanol–water partition coefficient (Wildman–Crippen LogP) is 2.93. The number of carbonyl (C=O) groups is 1. The molecule has 19 heavy (non-hydrogen) atoms. The molecule has 2 aliphatic rings. The Kier molecular flexibility index (Phi) is 4.88. The fourth-order valence-corrected chi connectivity index (χ4v) is 3.97. The Morgan fingerprint density at radius 3 is 2.53 bits per heavy atom. The lowest BCUT2D eigenvalue weighted by molar-refractivity contribution is -0.135. The van der Waals surface area contributed by atoms with E-state index in [1.807, 2.05) is 0 Å². The molecule has 1 atom stereocenters. The second kappa shape index (κ2) is 6.25. The van der Waals surface area contributed by atoms with Crippen LogP contribution in [0.2, 0.25) is 0 Å². The van der Waals surface area contributed by atoms with Gasteiger partial charge in [-0.05, 0) is 43.6 Å². The smallest absolute Gasteiger partial charge is 0.223 e. The zero-order valence-electron chi connectivity index (χ0n) is 12.7. The van der Waals surface area contributed by atoms with Crippen LogP contribution in [0.4, 0.5) is 0 Å². The summed E-state index contributed by atoms with van der Waals surface area (Å²) in [4.78, 5) is 14.8. The minimum atomic E-state index is 0.111. The van der Waals surface area contributed by atoms with Crippen molar-refractivity contribution in [3.63, 3.8) is 0 Å². The third-order valence-corrected chi connectivity index (χ3v) is 5.26. The highest BCUT2D eigenvalue weighted by Crippen LogP contribution is 2.39. The third-order valence-electron chi connectivity index (χ3n) is 5.26. The van der Waals surface area contributed by atoms with Gasteiger partial charge in [-0.1, -0.05) is 33.1 Å². The highest BCUT2D eigenvalue weighted by atomic mass is 16.2. The van der Waals surface area contributed by atoms with Crippen molar-refractivity contribution < 1.29 is 4.79 Å². The third kappa shape index (κ3) is 3.31. The van der Waals surface area contributed by atoms with Gasteiger partial charge < -0.3 is 10.6 Å². The molecule has 110 valence electrons. The largest absolute Gasteiger partial charge is 0.339 e. The van der Waals surface area contributed by atoms with Gasteiger partial charge in [0.2, 0.25) is 5.91 Å². The molecule has 1 saturated carbocycles. The number of nitrogens with two attached hydrogens (primary N) is 1. The number of amides is 1. The molecule has 0 aromatic heterocycles. The van der Waals surface area contributed by atoms with Crippen LogP contribution < -0.4 is 5.73 Å². The average molecular weight is 266 g/mol. The fourth-order valence-electron chi connectivity index (χ4n) is 3.97. The second-order valence-corrected chi connectivity index (χ2v) is 6.98. The maximum absolute atomic E-state index is 12.7. The Morgan fingerprint density at radius 2 is 1.95 bits per heavy atom. The van der Waals surface area contributed by atoms with Gasteiger partial charge in [0, 0.05) is 19.0 Å². The number of nitrogens with zero attached hydrogens (tertiary/aromatic N) is 1. The number of hydrogen-bond acceptors (Lipinski definition) is 2. The molecule has 0 bridgehead atoms. The Balaban J connectivity index is 1.99. The monoisotopic (exact) mass is 266 g/mol. The van der Waals surface area contributed by atoms with Gasteiger partial charge in [0.05, 0.1) is 0 Å². The van der Waals surface area contributed by atoms with Crippen molar-refractivity contribution in [1.82, 2.24) is 4.90 Å². The maximum atomic E-state index is 12.7. The molecule has 2 rings (SSSR count). The summed E-state index contributed by atoms with van der Waals surface area (Å²) in [5, 5.41) is 0. The minimum Gasteiger partial charge on any atom is -0.339 e. The van der Waals surface area contributed by atoms with Gasteiger partial charge in [0.15, 0.2) is 0 Å². The molecule has 0 aromatic rings. The van der Waals surface area contributed by atoms with Gasteiger partial charge in [-0.15, -0.1) is 0 Å². The predicted molar refractivity (Wildman–Crippen MR) is 78.8 cm³/mol. The average Bonchev–Trinajstić information content (AvgIpc) is 2.89. The first-order valence-electron chi connectivity index (χ1n) is 8.07. The van der Waals surface area contributed by atoms with Gasteiger partial charge in [-0.3, -0.25) is 4.79 Å². The van der Waals surface area contributed by atoms with Crippen molar-refractivity contribution >= 4 is 5.91 Å². The summed E-state index contributed by atoms with van der Waals surface area (Å²) < 4.78 is 0. The van der Waals surface area contributed by atoms with Crippen LogP contribution in [0, 0.1) is 11.3 Å². The first kappa shape index (κ1) is 14.8. The van der Waals surface area contributed by atoms with Crippen LogP contribution in [0.25, 0.3) is 0 Å². The summed E-state index contributed by atoms with van der Waals surface area (Å²) >= 11 is 0. The van der Waals surface area contributed by atoms with Crippen molar-refractivity contribution in [2.75, 3.05) is 13.1 Å². The molecule has 1 heterocycles. The van der Waals surface area contributed by atoms with Crippen LogP contribution in [0.1, 0.15) is 65.2 Å². The SMILES string of the molecule is CC(C)C1CCCN1C(=O)CC1(CN)CCCCC1. The molecule has 0 radical (unpaired) electrons. The summed E-state index contributed by atoms with van der Waals surface area (Å²) in [7, 11) is 0. The van der Waals surface area contributed by atoms with E-state index in [-0.39, 0.29) is 5.41 Å². The van der Waals surface area contributed by atoms with Crippen molar-refractivity contribution in [2.24, 2.45) is 17.1 Å². The molecule has 2 N–H and O–H groups in total. The van der Waals surface area contributed by atoms with E-state index in [2.05, 4.69) is 18.7 Å². The topological polar surface area (TPSA) is 46.3 Å². The summed E-state index contributed by atoms with van der Waals surface area (Å²) in [5.41, 5.74) is 6.12. The Hall–Kier alpha value is -0.570. The summed E-state index contributed by atoms with van der Waals surface area (Å²) in [6.45, 7) is 6.10. The Labute approximate surface area is 117 Å². The van der Waals surface area contributed by atoms with Gasteiger partial charge in [0.1, 0.15) is 0 Å². The van der Waals surface area contributed by atoms with Crippen LogP contribution in [-0.2, 0) is 4.79 Å². The van der Waals surface area contributed by atoms with Crippen molar-refractivity contribution in [3.05, 3.63) is 0 Å². The van der Waals surface area contributed by atoms with E-state index in [0.29, 0.717) is 30.8 Å². The number of likely N-dealkylation sites (tertiary alicyclic amines) is 1. The number of carbonyl (C=O) groups excluding carboxylic acids is 1. The Bertz CT molecular complexity index is 308. The van der Waals surface area contributed by atoms with Gasteiger partial charge >= 0.3 is 0 Å². The first-order valence-corrected chi connectivity index (χ1v) is 8.07. The second-order valence-electron chi connectivity index (χ2n) is 6.98. The van der Waals surface area contributed by atoms with Crippen LogP contribution in [0.15, 0.2) is 0 Å². The molecule has 1 aliphatic carbocycles. The van der Waals surface area contributed by atoms with Crippen LogP contribution in [-0.4, -0.2) is 29.9 Å². The molecule has 2 fully saturated rings. The molecule has 1 aliphatic heterocycles. The molecule has 3 nitrogen and oxygen atoms in total. The molecule has 1 unspecified atom stereocenters. The zero-order valence-corrected chi connectivity index (χ0v) is 12.7. The number of hydrogen-bond donors (Lipinski definition) is 1. The normalized spacial score (nSPS) is 26.9. The van der Waals surface area contributed by atoms with E-state index >= 15 is 0 Å². The van der Waals surface area contributed by atoms with E-state index in [0.717, 1.165) is 19.4 Å². The highest BCUT2D eigenvalue weighted by Gasteiger charge is 2.37. The molecule has 0 aromatic carbocycles. The molecule has 3 heteroatoms. The molecule has 0 spiro atoms. The lowest BCUT2D eigenvalue weighted by atomic mass is 9.71. The standard InChI is InChI=1S/C16H30N2O/c1-13(2)14-7-6-10-18(14)15(19)11-16(12-17)8-4-3-5-9-16/h13-14H,3-12,17H2,1-2H3. The zero-order chi connectivity index (χ0) is 13.9. The van der Waals surface area contributed by atoms with E-state index < -0.39 is 0 Å². The van der Waals surface area contributed by atoms with Gasteiger partial charge in [-0.25, -0.2) is 0 Å². The van der Waals surface area contributed by atoms with Gasteiger partial charge in [-0.2, -0.15) is 0 Å². The first-order chi connectivity index (χ1) is 9.08. The molecular formula is C16H30N2O. The lowest BCUT2D eigenvalue weighted by Crippen LogP contribution is -2.43. The molecule has 1 saturated heterocycles. The number of rotatable bonds is 4. The van der Waals surface area contributed by atoms with E-state index in [9.17, 15) is 4.79 Å². The summed E-state index contributed by atoms with van der Waals surface area (Å²) in [6, 6.07) is 0.464. The van der Waals surface area contributed by atoms with Crippen molar-refractivity contribution in [1.29, 1.82) is 0 Å². The minimum absolute atomic E-state index is 0.111. The van der Waals surface area contributed by atoms with Crippen LogP contribution >= 0.6 is 0 Å². The van der Waals surface area contributed by atoms with Crippen molar-refractivity contribution in [2.45, 2.75) is 71.3 Å². The van der Waals surface area contributed by atoms with Crippen molar-refractivity contribution in [3.8, 4) is 0 Å². The van der Waals surface area contributed by atoms with Crippen LogP contribution in [0.3, 0.4) is 0 Å². The van der Waals surface area contributed by atoms with E-state index in [1.54, 1.807) is 0 Å². The lowest BCUT2D eigenvalue weighted by Gasteiger charge is -2.38.